The summed E-state index contributed by atoms with van der Waals surface area (Å²) in [6.07, 6.45) is 3.35. The topological polar surface area (TPSA) is 53.4 Å². The zero-order valence-electron chi connectivity index (χ0n) is 14.0. The third-order valence-corrected chi connectivity index (χ3v) is 5.49. The predicted molar refractivity (Wildman–Crippen MR) is 99.2 cm³/mol. The standard InChI is InChI=1S/C19H20Cl2N2O2/c1-12-7-8-16(22-10-12)18(14-5-2-6-15(20)17(14)21)23-9-3-4-13(11-23)19(24)25/h2,5-8,10,13,18H,3-4,9,11H2,1H3,(H,24,25). The van der Waals surface area contributed by atoms with Crippen molar-refractivity contribution in [3.63, 3.8) is 0 Å². The van der Waals surface area contributed by atoms with E-state index < -0.39 is 5.97 Å². The minimum Gasteiger partial charge on any atom is -0.481 e. The van der Waals surface area contributed by atoms with Crippen molar-refractivity contribution in [3.8, 4) is 0 Å². The second-order valence-corrected chi connectivity index (χ2v) is 7.26. The first-order valence-corrected chi connectivity index (χ1v) is 9.06. The maximum atomic E-state index is 11.5. The summed E-state index contributed by atoms with van der Waals surface area (Å²) in [4.78, 5) is 18.2. The summed E-state index contributed by atoms with van der Waals surface area (Å²) in [5, 5.41) is 10.4. The molecule has 0 radical (unpaired) electrons. The number of pyridine rings is 1. The molecule has 1 fully saturated rings. The van der Waals surface area contributed by atoms with Crippen LogP contribution in [0, 0.1) is 12.8 Å². The Labute approximate surface area is 157 Å². The normalized spacial score (nSPS) is 19.6. The van der Waals surface area contributed by atoms with Crippen LogP contribution in [0.2, 0.25) is 10.0 Å². The fourth-order valence-corrected chi connectivity index (χ4v) is 3.77. The molecule has 0 amide bonds. The second-order valence-electron chi connectivity index (χ2n) is 6.48. The number of carboxylic acid groups (broad SMARTS) is 1. The van der Waals surface area contributed by atoms with Crippen molar-refractivity contribution in [2.45, 2.75) is 25.8 Å². The van der Waals surface area contributed by atoms with Gasteiger partial charge in [0.1, 0.15) is 0 Å². The van der Waals surface area contributed by atoms with Gasteiger partial charge in [0.2, 0.25) is 0 Å². The molecule has 1 aromatic heterocycles. The Hall–Kier alpha value is -1.62. The van der Waals surface area contributed by atoms with E-state index in [0.717, 1.165) is 29.8 Å². The molecule has 2 atom stereocenters. The molecule has 0 saturated carbocycles. The SMILES string of the molecule is Cc1ccc(C(c2cccc(Cl)c2Cl)N2CCCC(C(=O)O)C2)nc1. The molecule has 2 aromatic rings. The quantitative estimate of drug-likeness (QED) is 0.845. The molecule has 0 spiro atoms. The van der Waals surface area contributed by atoms with E-state index in [9.17, 15) is 9.90 Å². The Kier molecular flexibility index (Phi) is 5.62. The van der Waals surface area contributed by atoms with Gasteiger partial charge < -0.3 is 5.11 Å². The van der Waals surface area contributed by atoms with Crippen LogP contribution in [0.25, 0.3) is 0 Å². The van der Waals surface area contributed by atoms with Crippen LogP contribution in [-0.2, 0) is 4.79 Å². The lowest BCUT2D eigenvalue weighted by atomic mass is 9.93. The van der Waals surface area contributed by atoms with E-state index in [1.807, 2.05) is 37.4 Å². The van der Waals surface area contributed by atoms with Gasteiger partial charge in [-0.25, -0.2) is 0 Å². The van der Waals surface area contributed by atoms with E-state index in [-0.39, 0.29) is 12.0 Å². The van der Waals surface area contributed by atoms with Gasteiger partial charge in [-0.2, -0.15) is 0 Å². The highest BCUT2D eigenvalue weighted by Crippen LogP contribution is 2.38. The van der Waals surface area contributed by atoms with Gasteiger partial charge in [0, 0.05) is 12.7 Å². The van der Waals surface area contributed by atoms with Crippen molar-refractivity contribution in [1.29, 1.82) is 0 Å². The molecule has 6 heteroatoms. The number of hydrogen-bond acceptors (Lipinski definition) is 3. The Bertz CT molecular complexity index is 765. The molecule has 3 rings (SSSR count). The number of nitrogens with zero attached hydrogens (tertiary/aromatic N) is 2. The van der Waals surface area contributed by atoms with Gasteiger partial charge in [-0.3, -0.25) is 14.7 Å². The van der Waals surface area contributed by atoms with Crippen molar-refractivity contribution in [1.82, 2.24) is 9.88 Å². The Morgan fingerprint density at radius 3 is 2.80 bits per heavy atom. The Balaban J connectivity index is 2.04. The molecule has 2 heterocycles. The molecule has 0 bridgehead atoms. The number of likely N-dealkylation sites (tertiary alicyclic amines) is 1. The van der Waals surface area contributed by atoms with E-state index in [0.29, 0.717) is 23.0 Å². The maximum Gasteiger partial charge on any atom is 0.307 e. The van der Waals surface area contributed by atoms with Crippen LogP contribution in [-0.4, -0.2) is 34.0 Å². The average Bonchev–Trinajstić information content (AvgIpc) is 2.61. The largest absolute Gasteiger partial charge is 0.481 e. The van der Waals surface area contributed by atoms with Gasteiger partial charge in [-0.05, 0) is 49.6 Å². The molecule has 1 saturated heterocycles. The summed E-state index contributed by atoms with van der Waals surface area (Å²) < 4.78 is 0. The highest BCUT2D eigenvalue weighted by molar-refractivity contribution is 6.42. The molecule has 4 nitrogen and oxygen atoms in total. The number of piperidine rings is 1. The minimum absolute atomic E-state index is 0.214. The molecule has 1 aliphatic rings. The third-order valence-electron chi connectivity index (χ3n) is 4.66. The van der Waals surface area contributed by atoms with E-state index in [1.165, 1.54) is 0 Å². The fourth-order valence-electron chi connectivity index (χ4n) is 3.36. The summed E-state index contributed by atoms with van der Waals surface area (Å²) in [6.45, 7) is 3.25. The molecule has 1 aliphatic heterocycles. The molecule has 1 aromatic carbocycles. The number of aryl methyl sites for hydroxylation is 1. The number of benzene rings is 1. The summed E-state index contributed by atoms with van der Waals surface area (Å²) in [6, 6.07) is 9.32. The summed E-state index contributed by atoms with van der Waals surface area (Å²) >= 11 is 12.7. The van der Waals surface area contributed by atoms with Gasteiger partial charge in [0.25, 0.3) is 0 Å². The van der Waals surface area contributed by atoms with Crippen LogP contribution in [0.1, 0.15) is 35.7 Å². The summed E-state index contributed by atoms with van der Waals surface area (Å²) in [5.41, 5.74) is 2.78. The number of halogens is 2. The van der Waals surface area contributed by atoms with Crippen molar-refractivity contribution in [2.24, 2.45) is 5.92 Å². The molecule has 2 unspecified atom stereocenters. The van der Waals surface area contributed by atoms with Crippen molar-refractivity contribution < 1.29 is 9.90 Å². The van der Waals surface area contributed by atoms with Crippen molar-refractivity contribution in [2.75, 3.05) is 13.1 Å². The van der Waals surface area contributed by atoms with E-state index in [1.54, 1.807) is 6.07 Å². The number of aliphatic carboxylic acids is 1. The van der Waals surface area contributed by atoms with Gasteiger partial charge in [-0.1, -0.05) is 41.4 Å². The highest BCUT2D eigenvalue weighted by Gasteiger charge is 2.33. The number of carboxylic acids is 1. The summed E-state index contributed by atoms with van der Waals surface area (Å²) in [5.74, 6) is -1.13. The monoisotopic (exact) mass is 378 g/mol. The van der Waals surface area contributed by atoms with E-state index >= 15 is 0 Å². The molecular weight excluding hydrogens is 359 g/mol. The van der Waals surface area contributed by atoms with Crippen LogP contribution < -0.4 is 0 Å². The third kappa shape index (κ3) is 3.97. The first-order valence-electron chi connectivity index (χ1n) is 8.30. The fraction of sp³-hybridized carbons (Fsp3) is 0.368. The van der Waals surface area contributed by atoms with Crippen LogP contribution in [0.3, 0.4) is 0 Å². The van der Waals surface area contributed by atoms with Crippen molar-refractivity contribution in [3.05, 3.63) is 63.4 Å². The number of rotatable bonds is 4. The number of aromatic nitrogens is 1. The average molecular weight is 379 g/mol. The zero-order chi connectivity index (χ0) is 18.0. The second kappa shape index (κ2) is 7.73. The Morgan fingerprint density at radius 2 is 2.12 bits per heavy atom. The molecule has 1 N–H and O–H groups in total. The smallest absolute Gasteiger partial charge is 0.307 e. The van der Waals surface area contributed by atoms with Gasteiger partial charge in [0.15, 0.2) is 0 Å². The number of carbonyl (C=O) groups is 1. The minimum atomic E-state index is -0.752. The van der Waals surface area contributed by atoms with Gasteiger partial charge >= 0.3 is 5.97 Å². The van der Waals surface area contributed by atoms with Crippen LogP contribution in [0.4, 0.5) is 0 Å². The first kappa shape index (κ1) is 18.2. The molecule has 132 valence electrons. The lowest BCUT2D eigenvalue weighted by Crippen LogP contribution is -2.41. The predicted octanol–water partition coefficient (Wildman–Crippen LogP) is 4.58. The van der Waals surface area contributed by atoms with E-state index in [2.05, 4.69) is 9.88 Å². The lowest BCUT2D eigenvalue weighted by Gasteiger charge is -2.37. The van der Waals surface area contributed by atoms with Gasteiger partial charge in [-0.15, -0.1) is 0 Å². The molecule has 0 aliphatic carbocycles. The van der Waals surface area contributed by atoms with E-state index in [4.69, 9.17) is 23.2 Å². The maximum absolute atomic E-state index is 11.5. The van der Waals surface area contributed by atoms with Crippen molar-refractivity contribution >= 4 is 29.2 Å². The summed E-state index contributed by atoms with van der Waals surface area (Å²) in [7, 11) is 0. The number of hydrogen-bond donors (Lipinski definition) is 1. The van der Waals surface area contributed by atoms with Crippen LogP contribution in [0.5, 0.6) is 0 Å². The van der Waals surface area contributed by atoms with Gasteiger partial charge in [0.05, 0.1) is 27.7 Å². The lowest BCUT2D eigenvalue weighted by molar-refractivity contribution is -0.143. The van der Waals surface area contributed by atoms with Crippen LogP contribution in [0.15, 0.2) is 36.5 Å². The zero-order valence-corrected chi connectivity index (χ0v) is 15.5. The highest BCUT2D eigenvalue weighted by atomic mass is 35.5. The van der Waals surface area contributed by atoms with Crippen LogP contribution >= 0.6 is 23.2 Å². The molecular formula is C19H20Cl2N2O2. The molecule has 25 heavy (non-hydrogen) atoms. The first-order chi connectivity index (χ1) is 12.0. The Morgan fingerprint density at radius 1 is 1.32 bits per heavy atom.